The van der Waals surface area contributed by atoms with Crippen LogP contribution in [0.1, 0.15) is 30.7 Å². The molecule has 4 nitrogen and oxygen atoms in total. The summed E-state index contributed by atoms with van der Waals surface area (Å²) in [6, 6.07) is 2.14. The van der Waals surface area contributed by atoms with Gasteiger partial charge in [-0.05, 0) is 44.2 Å². The number of nitrogens with one attached hydrogen (secondary N) is 2. The molecular weight excluding hydrogens is 258 g/mol. The van der Waals surface area contributed by atoms with Crippen LogP contribution in [0.25, 0.3) is 0 Å². The van der Waals surface area contributed by atoms with Gasteiger partial charge >= 0.3 is 0 Å². The van der Waals surface area contributed by atoms with E-state index in [1.165, 1.54) is 10.4 Å². The van der Waals surface area contributed by atoms with Gasteiger partial charge in [0.15, 0.2) is 5.96 Å². The normalized spacial score (nSPS) is 11.9. The SMILES string of the molecule is CN=C(NCCCOC(C)C)NCc1sccc1C. The van der Waals surface area contributed by atoms with Crippen molar-refractivity contribution in [3.8, 4) is 0 Å². The minimum Gasteiger partial charge on any atom is -0.379 e. The quantitative estimate of drug-likeness (QED) is 0.459. The van der Waals surface area contributed by atoms with Crippen molar-refractivity contribution in [1.29, 1.82) is 0 Å². The molecule has 1 aromatic heterocycles. The van der Waals surface area contributed by atoms with Crippen LogP contribution in [0.2, 0.25) is 0 Å². The predicted octanol–water partition coefficient (Wildman–Crippen LogP) is 2.54. The summed E-state index contributed by atoms with van der Waals surface area (Å²) in [6.45, 7) is 8.72. The molecule has 0 spiro atoms. The van der Waals surface area contributed by atoms with Gasteiger partial charge in [-0.2, -0.15) is 0 Å². The van der Waals surface area contributed by atoms with E-state index in [1.807, 2.05) is 0 Å². The number of ether oxygens (including phenoxy) is 1. The van der Waals surface area contributed by atoms with Gasteiger partial charge < -0.3 is 15.4 Å². The highest BCUT2D eigenvalue weighted by Gasteiger charge is 2.01. The van der Waals surface area contributed by atoms with Crippen LogP contribution in [0.3, 0.4) is 0 Å². The molecule has 0 unspecified atom stereocenters. The number of rotatable bonds is 7. The Labute approximate surface area is 120 Å². The molecule has 0 aliphatic heterocycles. The zero-order chi connectivity index (χ0) is 14.1. The molecule has 0 aromatic carbocycles. The lowest BCUT2D eigenvalue weighted by molar-refractivity contribution is 0.0776. The summed E-state index contributed by atoms with van der Waals surface area (Å²) < 4.78 is 5.49. The molecule has 0 aliphatic carbocycles. The molecule has 19 heavy (non-hydrogen) atoms. The average molecular weight is 283 g/mol. The van der Waals surface area contributed by atoms with E-state index in [-0.39, 0.29) is 0 Å². The van der Waals surface area contributed by atoms with Gasteiger partial charge in [-0.3, -0.25) is 4.99 Å². The van der Waals surface area contributed by atoms with Gasteiger partial charge in [0.05, 0.1) is 12.6 Å². The molecule has 2 N–H and O–H groups in total. The Bertz CT molecular complexity index is 388. The largest absolute Gasteiger partial charge is 0.379 e. The fourth-order valence-corrected chi connectivity index (χ4v) is 2.41. The number of hydrogen-bond donors (Lipinski definition) is 2. The second-order valence-corrected chi connectivity index (χ2v) is 5.65. The molecule has 0 atom stereocenters. The van der Waals surface area contributed by atoms with Gasteiger partial charge in [0.1, 0.15) is 0 Å². The summed E-state index contributed by atoms with van der Waals surface area (Å²) in [5, 5.41) is 8.73. The Balaban J connectivity index is 2.18. The summed E-state index contributed by atoms with van der Waals surface area (Å²) in [7, 11) is 1.79. The molecular formula is C14H25N3OS. The smallest absolute Gasteiger partial charge is 0.191 e. The van der Waals surface area contributed by atoms with Crippen molar-refractivity contribution >= 4 is 17.3 Å². The third-order valence-electron chi connectivity index (χ3n) is 2.67. The van der Waals surface area contributed by atoms with Gasteiger partial charge in [-0.1, -0.05) is 0 Å². The number of thiophene rings is 1. The number of hydrogen-bond acceptors (Lipinski definition) is 3. The molecule has 1 aromatic rings. The highest BCUT2D eigenvalue weighted by atomic mass is 32.1. The van der Waals surface area contributed by atoms with Crippen molar-refractivity contribution < 1.29 is 4.74 Å². The standard InChI is InChI=1S/C14H25N3OS/c1-11(2)18-8-5-7-16-14(15-4)17-10-13-12(3)6-9-19-13/h6,9,11H,5,7-8,10H2,1-4H3,(H2,15,16,17). The minimum atomic E-state index is 0.305. The lowest BCUT2D eigenvalue weighted by Gasteiger charge is -2.12. The number of aliphatic imine (C=N–C) groups is 1. The molecule has 1 rings (SSSR count). The van der Waals surface area contributed by atoms with E-state index in [4.69, 9.17) is 4.74 Å². The van der Waals surface area contributed by atoms with Crippen LogP contribution in [-0.4, -0.2) is 32.3 Å². The topological polar surface area (TPSA) is 45.7 Å². The summed E-state index contributed by atoms with van der Waals surface area (Å²) >= 11 is 1.77. The van der Waals surface area contributed by atoms with E-state index >= 15 is 0 Å². The number of guanidine groups is 1. The van der Waals surface area contributed by atoms with Crippen LogP contribution >= 0.6 is 11.3 Å². The van der Waals surface area contributed by atoms with Crippen molar-refractivity contribution in [3.05, 3.63) is 21.9 Å². The molecule has 0 saturated carbocycles. The minimum absolute atomic E-state index is 0.305. The average Bonchev–Trinajstić information content (AvgIpc) is 2.78. The molecule has 5 heteroatoms. The van der Waals surface area contributed by atoms with Gasteiger partial charge in [-0.15, -0.1) is 11.3 Å². The van der Waals surface area contributed by atoms with E-state index in [2.05, 4.69) is 47.8 Å². The maximum absolute atomic E-state index is 5.49. The molecule has 108 valence electrons. The van der Waals surface area contributed by atoms with Crippen LogP contribution in [0.15, 0.2) is 16.4 Å². The Morgan fingerprint density at radius 2 is 2.21 bits per heavy atom. The van der Waals surface area contributed by atoms with E-state index in [0.717, 1.165) is 32.1 Å². The van der Waals surface area contributed by atoms with E-state index < -0.39 is 0 Å². The van der Waals surface area contributed by atoms with Gasteiger partial charge in [0.2, 0.25) is 0 Å². The van der Waals surface area contributed by atoms with Crippen molar-refractivity contribution in [1.82, 2.24) is 10.6 Å². The van der Waals surface area contributed by atoms with Crippen molar-refractivity contribution in [2.75, 3.05) is 20.2 Å². The highest BCUT2D eigenvalue weighted by molar-refractivity contribution is 7.10. The first-order chi connectivity index (χ1) is 9.13. The Hall–Kier alpha value is -1.07. The number of nitrogens with zero attached hydrogens (tertiary/aromatic N) is 1. The van der Waals surface area contributed by atoms with Crippen LogP contribution in [0.5, 0.6) is 0 Å². The second-order valence-electron chi connectivity index (χ2n) is 4.65. The summed E-state index contributed by atoms with van der Waals surface area (Å²) in [5.74, 6) is 0.845. The van der Waals surface area contributed by atoms with Gasteiger partial charge in [0.25, 0.3) is 0 Å². The van der Waals surface area contributed by atoms with E-state index in [1.54, 1.807) is 18.4 Å². The Morgan fingerprint density at radius 3 is 2.79 bits per heavy atom. The molecule has 0 fully saturated rings. The Morgan fingerprint density at radius 1 is 1.42 bits per heavy atom. The monoisotopic (exact) mass is 283 g/mol. The van der Waals surface area contributed by atoms with Crippen LogP contribution in [-0.2, 0) is 11.3 Å². The fourth-order valence-electron chi connectivity index (χ4n) is 1.57. The van der Waals surface area contributed by atoms with E-state index in [9.17, 15) is 0 Å². The van der Waals surface area contributed by atoms with Crippen LogP contribution in [0.4, 0.5) is 0 Å². The third kappa shape index (κ3) is 6.59. The van der Waals surface area contributed by atoms with E-state index in [0.29, 0.717) is 6.10 Å². The highest BCUT2D eigenvalue weighted by Crippen LogP contribution is 2.14. The molecule has 0 saturated heterocycles. The molecule has 0 amide bonds. The van der Waals surface area contributed by atoms with Crippen LogP contribution in [0, 0.1) is 6.92 Å². The van der Waals surface area contributed by atoms with Gasteiger partial charge in [0, 0.05) is 25.1 Å². The Kier molecular flexibility index (Phi) is 7.52. The zero-order valence-electron chi connectivity index (χ0n) is 12.3. The molecule has 1 heterocycles. The van der Waals surface area contributed by atoms with Crippen LogP contribution < -0.4 is 10.6 Å². The lowest BCUT2D eigenvalue weighted by atomic mass is 10.3. The summed E-state index contributed by atoms with van der Waals surface area (Å²) in [6.07, 6.45) is 1.29. The maximum atomic E-state index is 5.49. The predicted molar refractivity (Wildman–Crippen MR) is 83.0 cm³/mol. The molecule has 0 bridgehead atoms. The lowest BCUT2D eigenvalue weighted by Crippen LogP contribution is -2.37. The van der Waals surface area contributed by atoms with Gasteiger partial charge in [-0.25, -0.2) is 0 Å². The first kappa shape index (κ1) is 16.0. The summed E-state index contributed by atoms with van der Waals surface area (Å²) in [4.78, 5) is 5.56. The number of aryl methyl sites for hydroxylation is 1. The van der Waals surface area contributed by atoms with Crippen molar-refractivity contribution in [3.63, 3.8) is 0 Å². The second kappa shape index (κ2) is 8.93. The first-order valence-corrected chi connectivity index (χ1v) is 7.60. The molecule has 0 aliphatic rings. The fraction of sp³-hybridized carbons (Fsp3) is 0.643. The summed E-state index contributed by atoms with van der Waals surface area (Å²) in [5.41, 5.74) is 1.33. The van der Waals surface area contributed by atoms with Crippen molar-refractivity contribution in [2.24, 2.45) is 4.99 Å². The molecule has 0 radical (unpaired) electrons. The van der Waals surface area contributed by atoms with Crippen molar-refractivity contribution in [2.45, 2.75) is 39.8 Å². The third-order valence-corrected chi connectivity index (χ3v) is 3.70. The first-order valence-electron chi connectivity index (χ1n) is 6.72. The zero-order valence-corrected chi connectivity index (χ0v) is 13.1. The maximum Gasteiger partial charge on any atom is 0.191 e.